The van der Waals surface area contributed by atoms with Crippen molar-refractivity contribution in [2.24, 2.45) is 0 Å². The van der Waals surface area contributed by atoms with Gasteiger partial charge in [-0.1, -0.05) is 26.0 Å². The minimum absolute atomic E-state index is 0.0255. The molecule has 170 valence electrons. The summed E-state index contributed by atoms with van der Waals surface area (Å²) >= 11 is 0. The smallest absolute Gasteiger partial charge is 0.251 e. The topological polar surface area (TPSA) is 65.4 Å². The van der Waals surface area contributed by atoms with Crippen LogP contribution in [0, 0.1) is 6.92 Å². The van der Waals surface area contributed by atoms with Crippen LogP contribution in [-0.4, -0.2) is 35.2 Å². The largest absolute Gasteiger partial charge is 0.495 e. The fourth-order valence-corrected chi connectivity index (χ4v) is 3.76. The molecule has 0 fully saturated rings. The zero-order valence-electron chi connectivity index (χ0n) is 19.8. The number of nitrogens with zero attached hydrogens (tertiary/aromatic N) is 2. The van der Waals surface area contributed by atoms with Gasteiger partial charge in [-0.15, -0.1) is 0 Å². The third-order valence-corrected chi connectivity index (χ3v) is 5.35. The number of carbonyl (C=O) groups is 1. The van der Waals surface area contributed by atoms with Gasteiger partial charge in [0.05, 0.1) is 31.4 Å². The highest BCUT2D eigenvalue weighted by atomic mass is 16.5. The first kappa shape index (κ1) is 23.4. The first-order valence-electron chi connectivity index (χ1n) is 11.1. The van der Waals surface area contributed by atoms with Crippen LogP contribution in [0.25, 0.3) is 5.69 Å². The van der Waals surface area contributed by atoms with Gasteiger partial charge in [0.15, 0.2) is 0 Å². The Balaban J connectivity index is 1.71. The molecule has 1 aromatic heterocycles. The molecule has 0 spiro atoms. The van der Waals surface area contributed by atoms with Gasteiger partial charge in [-0.25, -0.2) is 4.98 Å². The molecule has 0 aliphatic carbocycles. The minimum Gasteiger partial charge on any atom is -0.495 e. The molecule has 0 aliphatic rings. The van der Waals surface area contributed by atoms with Gasteiger partial charge in [0, 0.05) is 17.8 Å². The zero-order valence-corrected chi connectivity index (χ0v) is 19.8. The molecule has 1 heterocycles. The third-order valence-electron chi connectivity index (χ3n) is 5.35. The van der Waals surface area contributed by atoms with Crippen molar-refractivity contribution < 1.29 is 14.3 Å². The summed E-state index contributed by atoms with van der Waals surface area (Å²) in [5, 5.41) is 3.10. The predicted octanol–water partition coefficient (Wildman–Crippen LogP) is 5.07. The van der Waals surface area contributed by atoms with Gasteiger partial charge in [-0.2, -0.15) is 0 Å². The third kappa shape index (κ3) is 5.49. The molecular formula is C26H33N3O3. The van der Waals surface area contributed by atoms with Gasteiger partial charge < -0.3 is 19.4 Å². The molecule has 0 radical (unpaired) electrons. The van der Waals surface area contributed by atoms with E-state index in [0.29, 0.717) is 23.8 Å². The SMILES string of the molecule is CCOc1ccc(CC(C)NC(=O)c2ccc(-n3cnc(C)c3)c(OC)c2)cc1C(C)C. The summed E-state index contributed by atoms with van der Waals surface area (Å²) in [7, 11) is 1.60. The van der Waals surface area contributed by atoms with Crippen LogP contribution in [0.15, 0.2) is 48.9 Å². The lowest BCUT2D eigenvalue weighted by Gasteiger charge is -2.18. The molecule has 1 unspecified atom stereocenters. The maximum Gasteiger partial charge on any atom is 0.251 e. The van der Waals surface area contributed by atoms with Crippen LogP contribution in [0.3, 0.4) is 0 Å². The lowest BCUT2D eigenvalue weighted by molar-refractivity contribution is 0.0939. The average molecular weight is 436 g/mol. The van der Waals surface area contributed by atoms with E-state index in [1.54, 1.807) is 19.5 Å². The van der Waals surface area contributed by atoms with Crippen LogP contribution in [0.2, 0.25) is 0 Å². The van der Waals surface area contributed by atoms with Gasteiger partial charge in [0.2, 0.25) is 0 Å². The normalized spacial score (nSPS) is 12.0. The van der Waals surface area contributed by atoms with Crippen LogP contribution in [-0.2, 0) is 6.42 Å². The van der Waals surface area contributed by atoms with E-state index in [1.807, 2.05) is 49.7 Å². The summed E-state index contributed by atoms with van der Waals surface area (Å²) in [6.07, 6.45) is 4.39. The monoisotopic (exact) mass is 435 g/mol. The number of hydrogen-bond donors (Lipinski definition) is 1. The van der Waals surface area contributed by atoms with E-state index in [0.717, 1.165) is 23.6 Å². The highest BCUT2D eigenvalue weighted by Gasteiger charge is 2.15. The summed E-state index contributed by atoms with van der Waals surface area (Å²) in [6, 6.07) is 11.7. The molecule has 1 N–H and O–H groups in total. The summed E-state index contributed by atoms with van der Waals surface area (Å²) < 4.78 is 13.2. The molecule has 1 amide bonds. The van der Waals surface area contributed by atoms with E-state index >= 15 is 0 Å². The van der Waals surface area contributed by atoms with E-state index in [4.69, 9.17) is 9.47 Å². The van der Waals surface area contributed by atoms with E-state index in [1.165, 1.54) is 11.1 Å². The Bertz CT molecular complexity index is 1070. The molecule has 0 aliphatic heterocycles. The highest BCUT2D eigenvalue weighted by molar-refractivity contribution is 5.95. The molecule has 32 heavy (non-hydrogen) atoms. The number of carbonyl (C=O) groups excluding carboxylic acids is 1. The second-order valence-electron chi connectivity index (χ2n) is 8.35. The number of nitrogens with one attached hydrogen (secondary N) is 1. The van der Waals surface area contributed by atoms with Crippen LogP contribution < -0.4 is 14.8 Å². The summed E-state index contributed by atoms with van der Waals surface area (Å²) in [6.45, 7) is 10.9. The van der Waals surface area contributed by atoms with Gasteiger partial charge in [0.1, 0.15) is 11.5 Å². The molecule has 1 atom stereocenters. The Morgan fingerprint density at radius 1 is 1.12 bits per heavy atom. The number of hydrogen-bond acceptors (Lipinski definition) is 4. The number of amides is 1. The molecule has 0 saturated heterocycles. The van der Waals surface area contributed by atoms with Crippen molar-refractivity contribution in [1.29, 1.82) is 0 Å². The first-order chi connectivity index (χ1) is 15.3. The summed E-state index contributed by atoms with van der Waals surface area (Å²) in [5.74, 6) is 1.80. The lowest BCUT2D eigenvalue weighted by Crippen LogP contribution is -2.34. The second kappa shape index (κ2) is 10.4. The number of imidazole rings is 1. The molecule has 3 aromatic rings. The summed E-state index contributed by atoms with van der Waals surface area (Å²) in [5.41, 5.74) is 4.68. The fraction of sp³-hybridized carbons (Fsp3) is 0.385. The second-order valence-corrected chi connectivity index (χ2v) is 8.35. The Morgan fingerprint density at radius 3 is 2.53 bits per heavy atom. The van der Waals surface area contributed by atoms with Crippen LogP contribution >= 0.6 is 0 Å². The van der Waals surface area contributed by atoms with E-state index in [2.05, 4.69) is 36.3 Å². The number of rotatable bonds is 9. The van der Waals surface area contributed by atoms with Crippen molar-refractivity contribution in [1.82, 2.24) is 14.9 Å². The molecule has 6 heteroatoms. The first-order valence-corrected chi connectivity index (χ1v) is 11.1. The lowest BCUT2D eigenvalue weighted by atomic mass is 9.97. The average Bonchev–Trinajstić information content (AvgIpc) is 3.20. The van der Waals surface area contributed by atoms with Crippen LogP contribution in [0.5, 0.6) is 11.5 Å². The molecule has 0 bridgehead atoms. The highest BCUT2D eigenvalue weighted by Crippen LogP contribution is 2.28. The molecule has 2 aromatic carbocycles. The van der Waals surface area contributed by atoms with Crippen molar-refractivity contribution in [2.75, 3.05) is 13.7 Å². The maximum atomic E-state index is 12.9. The number of ether oxygens (including phenoxy) is 2. The van der Waals surface area contributed by atoms with Gasteiger partial charge in [-0.05, 0) is 68.5 Å². The molecule has 6 nitrogen and oxygen atoms in total. The van der Waals surface area contributed by atoms with E-state index < -0.39 is 0 Å². The van der Waals surface area contributed by atoms with Crippen molar-refractivity contribution >= 4 is 5.91 Å². The molecule has 0 saturated carbocycles. The number of aromatic nitrogens is 2. The molecular weight excluding hydrogens is 402 g/mol. The Labute approximate surface area is 190 Å². The standard InChI is InChI=1S/C26H33N3O3/c1-7-32-24-11-8-20(13-22(24)17(2)3)12-18(4)28-26(30)21-9-10-23(25(14-21)31-6)29-15-19(5)27-16-29/h8-11,13-18H,7,12H2,1-6H3,(H,28,30). The minimum atomic E-state index is -0.126. The summed E-state index contributed by atoms with van der Waals surface area (Å²) in [4.78, 5) is 17.1. The number of methoxy groups -OCH3 is 1. The van der Waals surface area contributed by atoms with Gasteiger partial charge in [0.25, 0.3) is 5.91 Å². The Hall–Kier alpha value is -3.28. The fourth-order valence-electron chi connectivity index (χ4n) is 3.76. The predicted molar refractivity (Wildman–Crippen MR) is 127 cm³/mol. The molecule has 3 rings (SSSR count). The zero-order chi connectivity index (χ0) is 23.3. The Morgan fingerprint density at radius 2 is 1.91 bits per heavy atom. The number of benzene rings is 2. The maximum absolute atomic E-state index is 12.9. The number of aryl methyl sites for hydroxylation is 1. The van der Waals surface area contributed by atoms with Crippen LogP contribution in [0.1, 0.15) is 60.8 Å². The van der Waals surface area contributed by atoms with E-state index in [9.17, 15) is 4.79 Å². The van der Waals surface area contributed by atoms with Crippen molar-refractivity contribution in [3.63, 3.8) is 0 Å². The van der Waals surface area contributed by atoms with Crippen molar-refractivity contribution in [3.8, 4) is 17.2 Å². The Kier molecular flexibility index (Phi) is 7.57. The van der Waals surface area contributed by atoms with Crippen molar-refractivity contribution in [3.05, 3.63) is 71.3 Å². The van der Waals surface area contributed by atoms with Crippen LogP contribution in [0.4, 0.5) is 0 Å². The quantitative estimate of drug-likeness (QED) is 0.509. The van der Waals surface area contributed by atoms with E-state index in [-0.39, 0.29) is 11.9 Å². The van der Waals surface area contributed by atoms with Gasteiger partial charge in [-0.3, -0.25) is 4.79 Å². The van der Waals surface area contributed by atoms with Gasteiger partial charge >= 0.3 is 0 Å². The van der Waals surface area contributed by atoms with Crippen molar-refractivity contribution in [2.45, 2.75) is 53.0 Å².